The predicted octanol–water partition coefficient (Wildman–Crippen LogP) is 5.48. The summed E-state index contributed by atoms with van der Waals surface area (Å²) in [5.74, 6) is 0.510. The summed E-state index contributed by atoms with van der Waals surface area (Å²) in [4.78, 5) is 14.6. The molecule has 0 atom stereocenters. The number of benzene rings is 3. The Balaban J connectivity index is 1.53. The van der Waals surface area contributed by atoms with Gasteiger partial charge >= 0.3 is 0 Å². The largest absolute Gasteiger partial charge is 0.496 e. The first-order valence-electron chi connectivity index (χ1n) is 12.0. The molecule has 39 heavy (non-hydrogen) atoms. The fraction of sp³-hybridized carbons (Fsp3) is 0.269. The van der Waals surface area contributed by atoms with Gasteiger partial charge in [-0.25, -0.2) is 16.8 Å². The van der Waals surface area contributed by atoms with Gasteiger partial charge in [-0.3, -0.25) is 14.2 Å². The fourth-order valence-corrected chi connectivity index (χ4v) is 6.67. The molecule has 1 aliphatic heterocycles. The van der Waals surface area contributed by atoms with Crippen LogP contribution in [0.3, 0.4) is 0 Å². The van der Waals surface area contributed by atoms with E-state index in [-0.39, 0.29) is 48.4 Å². The molecule has 0 saturated carbocycles. The molecular weight excluding hydrogens is 585 g/mol. The number of carbonyl (C=O) groups is 1. The first-order chi connectivity index (χ1) is 18.4. The lowest BCUT2D eigenvalue weighted by atomic mass is 9.98. The van der Waals surface area contributed by atoms with Gasteiger partial charge in [-0.1, -0.05) is 36.2 Å². The van der Waals surface area contributed by atoms with Crippen molar-refractivity contribution in [3.05, 3.63) is 76.3 Å². The zero-order valence-corrected chi connectivity index (χ0v) is 24.3. The average Bonchev–Trinajstić information content (AvgIpc) is 2.91. The van der Waals surface area contributed by atoms with Crippen LogP contribution < -0.4 is 14.2 Å². The minimum Gasteiger partial charge on any atom is -0.496 e. The average molecular weight is 613 g/mol. The second kappa shape index (κ2) is 11.6. The molecule has 0 radical (unpaired) electrons. The van der Waals surface area contributed by atoms with Crippen molar-refractivity contribution in [2.75, 3.05) is 29.6 Å². The van der Waals surface area contributed by atoms with Crippen molar-refractivity contribution < 1.29 is 26.4 Å². The molecule has 3 aromatic carbocycles. The third kappa shape index (κ3) is 6.60. The molecular formula is C26H27Cl2N3O6S2. The summed E-state index contributed by atoms with van der Waals surface area (Å²) in [7, 11) is -6.72. The maximum Gasteiger partial charge on any atom is 0.261 e. The van der Waals surface area contributed by atoms with Crippen molar-refractivity contribution in [2.24, 2.45) is 5.92 Å². The molecule has 4 rings (SSSR count). The molecule has 0 spiro atoms. The summed E-state index contributed by atoms with van der Waals surface area (Å²) in [6.07, 6.45) is 1.75. The maximum absolute atomic E-state index is 13.2. The van der Waals surface area contributed by atoms with Crippen molar-refractivity contribution in [1.29, 1.82) is 0 Å². The highest BCUT2D eigenvalue weighted by Gasteiger charge is 2.26. The van der Waals surface area contributed by atoms with Crippen LogP contribution in [0.4, 0.5) is 11.4 Å². The highest BCUT2D eigenvalue weighted by Crippen LogP contribution is 2.32. The highest BCUT2D eigenvalue weighted by molar-refractivity contribution is 7.93. The van der Waals surface area contributed by atoms with E-state index in [1.807, 2.05) is 0 Å². The van der Waals surface area contributed by atoms with E-state index in [0.717, 1.165) is 12.8 Å². The Morgan fingerprint density at radius 2 is 1.51 bits per heavy atom. The summed E-state index contributed by atoms with van der Waals surface area (Å²) < 4.78 is 62.0. The Labute approximate surface area is 238 Å². The first kappa shape index (κ1) is 29.0. The van der Waals surface area contributed by atoms with Gasteiger partial charge in [0.05, 0.1) is 38.2 Å². The molecule has 0 bridgehead atoms. The third-order valence-corrected chi connectivity index (χ3v) is 9.97. The normalized spacial score (nSPS) is 14.6. The van der Waals surface area contributed by atoms with Gasteiger partial charge in [-0.05, 0) is 73.4 Å². The van der Waals surface area contributed by atoms with E-state index >= 15 is 0 Å². The Morgan fingerprint density at radius 3 is 2.15 bits per heavy atom. The van der Waals surface area contributed by atoms with Gasteiger partial charge in [-0.15, -0.1) is 0 Å². The Hall–Kier alpha value is -2.99. The molecule has 1 heterocycles. The Morgan fingerprint density at radius 1 is 0.897 bits per heavy atom. The summed E-state index contributed by atoms with van der Waals surface area (Å²) in [6, 6.07) is 13.7. The minimum absolute atomic E-state index is 0.0549. The monoisotopic (exact) mass is 611 g/mol. The van der Waals surface area contributed by atoms with Gasteiger partial charge < -0.3 is 9.64 Å². The number of rotatable bonds is 8. The van der Waals surface area contributed by atoms with Crippen LogP contribution >= 0.6 is 23.2 Å². The Bertz CT molecular complexity index is 1590. The number of anilines is 2. The van der Waals surface area contributed by atoms with E-state index in [2.05, 4.69) is 16.4 Å². The molecule has 0 aromatic heterocycles. The zero-order chi connectivity index (χ0) is 28.4. The maximum atomic E-state index is 13.2. The van der Waals surface area contributed by atoms with Crippen LogP contribution in [-0.4, -0.2) is 47.8 Å². The lowest BCUT2D eigenvalue weighted by Gasteiger charge is -2.30. The number of amides is 1. The molecule has 1 saturated heterocycles. The number of methoxy groups -OCH3 is 1. The van der Waals surface area contributed by atoms with Crippen molar-refractivity contribution in [1.82, 2.24) is 4.90 Å². The van der Waals surface area contributed by atoms with Crippen LogP contribution in [0.1, 0.15) is 30.1 Å². The second-order valence-electron chi connectivity index (χ2n) is 9.17. The molecule has 0 aliphatic carbocycles. The highest BCUT2D eigenvalue weighted by atomic mass is 35.5. The molecule has 3 aromatic rings. The SMILES string of the molecule is COc1ccc(S(=O)(=O)Nc2ccc(S(=O)(=O)Nc3cccc(Cl)c3Cl)cc2)cc1C(=O)N1CCC(C)CC1. The van der Waals surface area contributed by atoms with Crippen molar-refractivity contribution in [2.45, 2.75) is 29.6 Å². The van der Waals surface area contributed by atoms with Crippen LogP contribution in [-0.2, 0) is 20.0 Å². The first-order valence-corrected chi connectivity index (χ1v) is 15.7. The van der Waals surface area contributed by atoms with Crippen LogP contribution in [0.2, 0.25) is 10.0 Å². The second-order valence-corrected chi connectivity index (χ2v) is 13.3. The fourth-order valence-electron chi connectivity index (χ4n) is 4.11. The number of nitrogens with one attached hydrogen (secondary N) is 2. The smallest absolute Gasteiger partial charge is 0.261 e. The number of halogens is 2. The quantitative estimate of drug-likeness (QED) is 0.348. The zero-order valence-electron chi connectivity index (χ0n) is 21.1. The molecule has 0 unspecified atom stereocenters. The van der Waals surface area contributed by atoms with E-state index < -0.39 is 20.0 Å². The molecule has 208 valence electrons. The summed E-state index contributed by atoms with van der Waals surface area (Å²) in [5, 5.41) is 0.245. The number of sulfonamides is 2. The number of piperidine rings is 1. The topological polar surface area (TPSA) is 122 Å². The van der Waals surface area contributed by atoms with Crippen molar-refractivity contribution in [3.63, 3.8) is 0 Å². The number of likely N-dealkylation sites (tertiary alicyclic amines) is 1. The van der Waals surface area contributed by atoms with E-state index in [4.69, 9.17) is 27.9 Å². The van der Waals surface area contributed by atoms with Crippen LogP contribution in [0.5, 0.6) is 5.75 Å². The molecule has 2 N–H and O–H groups in total. The Kier molecular flexibility index (Phi) is 8.65. The predicted molar refractivity (Wildman–Crippen MR) is 152 cm³/mol. The van der Waals surface area contributed by atoms with E-state index in [1.54, 1.807) is 11.0 Å². The summed E-state index contributed by atoms with van der Waals surface area (Å²) in [6.45, 7) is 3.31. The van der Waals surface area contributed by atoms with Crippen molar-refractivity contribution in [3.8, 4) is 5.75 Å². The van der Waals surface area contributed by atoms with E-state index in [1.165, 1.54) is 61.7 Å². The minimum atomic E-state index is -4.11. The van der Waals surface area contributed by atoms with Gasteiger partial charge in [-0.2, -0.15) is 0 Å². The molecule has 1 amide bonds. The number of nitrogens with zero attached hydrogens (tertiary/aromatic N) is 1. The molecule has 1 aliphatic rings. The third-order valence-electron chi connectivity index (χ3n) is 6.40. The number of ether oxygens (including phenoxy) is 1. The molecule has 1 fully saturated rings. The number of hydrogen-bond donors (Lipinski definition) is 2. The van der Waals surface area contributed by atoms with Gasteiger partial charge in [0.1, 0.15) is 5.75 Å². The van der Waals surface area contributed by atoms with Gasteiger partial charge in [0.25, 0.3) is 26.0 Å². The summed E-state index contributed by atoms with van der Waals surface area (Å²) in [5.41, 5.74) is 0.392. The number of hydrogen-bond acceptors (Lipinski definition) is 6. The standard InChI is InChI=1S/C26H27Cl2N3O6S2/c1-17-12-14-31(15-13-17)26(32)21-16-20(10-11-24(21)37-2)39(35,36)29-18-6-8-19(9-7-18)38(33,34)30-23-5-3-4-22(27)25(23)28/h3-11,16-17,29-30H,12-15H2,1-2H3. The molecule has 13 heteroatoms. The van der Waals surface area contributed by atoms with Crippen LogP contribution in [0, 0.1) is 5.92 Å². The van der Waals surface area contributed by atoms with Crippen LogP contribution in [0.25, 0.3) is 0 Å². The van der Waals surface area contributed by atoms with Gasteiger partial charge in [0.15, 0.2) is 0 Å². The molecule has 9 nitrogen and oxygen atoms in total. The lowest BCUT2D eigenvalue weighted by molar-refractivity contribution is 0.0693. The summed E-state index contributed by atoms with van der Waals surface area (Å²) >= 11 is 12.0. The van der Waals surface area contributed by atoms with Crippen LogP contribution in [0.15, 0.2) is 70.5 Å². The van der Waals surface area contributed by atoms with E-state index in [9.17, 15) is 21.6 Å². The van der Waals surface area contributed by atoms with E-state index in [0.29, 0.717) is 19.0 Å². The lowest BCUT2D eigenvalue weighted by Crippen LogP contribution is -2.38. The van der Waals surface area contributed by atoms with Gasteiger partial charge in [0, 0.05) is 18.8 Å². The number of carbonyl (C=O) groups excluding carboxylic acids is 1. The van der Waals surface area contributed by atoms with Crippen molar-refractivity contribution >= 4 is 60.5 Å². The van der Waals surface area contributed by atoms with Gasteiger partial charge in [0.2, 0.25) is 0 Å².